The van der Waals surface area contributed by atoms with E-state index in [4.69, 9.17) is 0 Å². The van der Waals surface area contributed by atoms with Gasteiger partial charge in [0.2, 0.25) is 0 Å². The Hall–Kier alpha value is -1.91. The number of carbonyl (C=O) groups excluding carboxylic acids is 1. The zero-order valence-electron chi connectivity index (χ0n) is 8.11. The minimum absolute atomic E-state index is 0.0345. The molecule has 0 amide bonds. The number of methoxy groups -OCH3 is 1. The standard InChI is InChI=1S/C10H9FN2O2/c1-15-10(14)6-13-5-7-2-3-8(11)4-9(7)12-13/h2-5H,6H2,1H3. The van der Waals surface area contributed by atoms with Crippen LogP contribution in [0.2, 0.25) is 0 Å². The molecule has 1 aromatic heterocycles. The third-order valence-corrected chi connectivity index (χ3v) is 2.04. The Labute approximate surface area is 85.3 Å². The lowest BCUT2D eigenvalue weighted by Crippen LogP contribution is -2.11. The van der Waals surface area contributed by atoms with Crippen molar-refractivity contribution < 1.29 is 13.9 Å². The number of ether oxygens (including phenoxy) is 1. The molecule has 78 valence electrons. The number of halogens is 1. The summed E-state index contributed by atoms with van der Waals surface area (Å²) in [6.07, 6.45) is 1.67. The Morgan fingerprint density at radius 3 is 3.13 bits per heavy atom. The fraction of sp³-hybridized carbons (Fsp3) is 0.200. The second-order valence-corrected chi connectivity index (χ2v) is 3.11. The summed E-state index contributed by atoms with van der Waals surface area (Å²) in [4.78, 5) is 11.0. The third-order valence-electron chi connectivity index (χ3n) is 2.04. The van der Waals surface area contributed by atoms with Gasteiger partial charge in [-0.25, -0.2) is 4.39 Å². The SMILES string of the molecule is COC(=O)Cn1cc2ccc(F)cc2n1. The molecular weight excluding hydrogens is 199 g/mol. The summed E-state index contributed by atoms with van der Waals surface area (Å²) in [5, 5.41) is 4.83. The van der Waals surface area contributed by atoms with Gasteiger partial charge in [0.15, 0.2) is 0 Å². The van der Waals surface area contributed by atoms with Crippen LogP contribution in [0.4, 0.5) is 4.39 Å². The van der Waals surface area contributed by atoms with Crippen molar-refractivity contribution in [1.29, 1.82) is 0 Å². The molecule has 0 spiro atoms. The van der Waals surface area contributed by atoms with E-state index in [2.05, 4.69) is 9.84 Å². The average Bonchev–Trinajstić information content (AvgIpc) is 2.59. The number of rotatable bonds is 2. The summed E-state index contributed by atoms with van der Waals surface area (Å²) < 4.78 is 18.8. The minimum Gasteiger partial charge on any atom is -0.468 e. The molecule has 0 aliphatic heterocycles. The maximum atomic E-state index is 12.8. The van der Waals surface area contributed by atoms with Crippen molar-refractivity contribution in [3.8, 4) is 0 Å². The second-order valence-electron chi connectivity index (χ2n) is 3.11. The van der Waals surface area contributed by atoms with Crippen LogP contribution >= 0.6 is 0 Å². The van der Waals surface area contributed by atoms with Gasteiger partial charge in [-0.1, -0.05) is 0 Å². The largest absolute Gasteiger partial charge is 0.468 e. The molecule has 0 saturated heterocycles. The van der Waals surface area contributed by atoms with Crippen LogP contribution in [0, 0.1) is 5.82 Å². The van der Waals surface area contributed by atoms with E-state index >= 15 is 0 Å². The number of benzene rings is 1. The van der Waals surface area contributed by atoms with Gasteiger partial charge in [-0.2, -0.15) is 5.10 Å². The lowest BCUT2D eigenvalue weighted by molar-refractivity contribution is -0.141. The maximum absolute atomic E-state index is 12.8. The Morgan fingerprint density at radius 1 is 1.60 bits per heavy atom. The Balaban J connectivity index is 2.34. The number of hydrogen-bond donors (Lipinski definition) is 0. The zero-order chi connectivity index (χ0) is 10.8. The van der Waals surface area contributed by atoms with E-state index in [1.54, 1.807) is 12.3 Å². The summed E-state index contributed by atoms with van der Waals surface area (Å²) in [6.45, 7) is 0.0345. The molecule has 0 radical (unpaired) electrons. The summed E-state index contributed by atoms with van der Waals surface area (Å²) in [5.41, 5.74) is 0.527. The fourth-order valence-corrected chi connectivity index (χ4v) is 1.32. The molecular formula is C10H9FN2O2. The molecule has 0 atom stereocenters. The van der Waals surface area contributed by atoms with Gasteiger partial charge < -0.3 is 4.74 Å². The highest BCUT2D eigenvalue weighted by molar-refractivity contribution is 5.78. The Morgan fingerprint density at radius 2 is 2.40 bits per heavy atom. The van der Waals surface area contributed by atoms with Crippen molar-refractivity contribution in [3.63, 3.8) is 0 Å². The molecule has 15 heavy (non-hydrogen) atoms. The van der Waals surface area contributed by atoms with Gasteiger partial charge in [-0.15, -0.1) is 0 Å². The van der Waals surface area contributed by atoms with Gasteiger partial charge in [0.05, 0.1) is 12.6 Å². The second kappa shape index (κ2) is 3.68. The molecule has 2 rings (SSSR count). The van der Waals surface area contributed by atoms with Crippen LogP contribution in [-0.2, 0) is 16.1 Å². The van der Waals surface area contributed by atoms with Crippen LogP contribution in [-0.4, -0.2) is 22.9 Å². The molecule has 4 nitrogen and oxygen atoms in total. The van der Waals surface area contributed by atoms with Crippen LogP contribution in [0.25, 0.3) is 10.9 Å². The van der Waals surface area contributed by atoms with E-state index in [0.717, 1.165) is 5.39 Å². The molecule has 0 N–H and O–H groups in total. The lowest BCUT2D eigenvalue weighted by atomic mass is 10.2. The highest BCUT2D eigenvalue weighted by atomic mass is 19.1. The summed E-state index contributed by atoms with van der Waals surface area (Å²) in [7, 11) is 1.31. The van der Waals surface area contributed by atoms with Crippen LogP contribution in [0.3, 0.4) is 0 Å². The molecule has 1 heterocycles. The van der Waals surface area contributed by atoms with Gasteiger partial charge in [0.25, 0.3) is 0 Å². The zero-order valence-corrected chi connectivity index (χ0v) is 8.11. The van der Waals surface area contributed by atoms with Gasteiger partial charge in [0, 0.05) is 17.6 Å². The Bertz CT molecular complexity index is 507. The topological polar surface area (TPSA) is 44.1 Å². The first-order valence-electron chi connectivity index (χ1n) is 4.38. The number of esters is 1. The molecule has 5 heteroatoms. The molecule has 0 saturated carbocycles. The van der Waals surface area contributed by atoms with Crippen molar-refractivity contribution >= 4 is 16.9 Å². The molecule has 0 bridgehead atoms. The van der Waals surface area contributed by atoms with Crippen LogP contribution in [0.15, 0.2) is 24.4 Å². The van der Waals surface area contributed by atoms with Crippen LogP contribution in [0.5, 0.6) is 0 Å². The Kier molecular flexibility index (Phi) is 2.37. The van der Waals surface area contributed by atoms with Crippen molar-refractivity contribution in [2.24, 2.45) is 0 Å². The highest BCUT2D eigenvalue weighted by Crippen LogP contribution is 2.13. The van der Waals surface area contributed by atoms with E-state index < -0.39 is 0 Å². The van der Waals surface area contributed by atoms with Crippen molar-refractivity contribution in [2.75, 3.05) is 7.11 Å². The summed E-state index contributed by atoms with van der Waals surface area (Å²) >= 11 is 0. The van der Waals surface area contributed by atoms with Crippen molar-refractivity contribution in [2.45, 2.75) is 6.54 Å². The summed E-state index contributed by atoms with van der Waals surface area (Å²) in [6, 6.07) is 4.29. The van der Waals surface area contributed by atoms with E-state index in [1.165, 1.54) is 23.9 Å². The molecule has 2 aromatic rings. The van der Waals surface area contributed by atoms with Crippen molar-refractivity contribution in [1.82, 2.24) is 9.78 Å². The van der Waals surface area contributed by atoms with Crippen molar-refractivity contribution in [3.05, 3.63) is 30.2 Å². The fourth-order valence-electron chi connectivity index (χ4n) is 1.32. The van der Waals surface area contributed by atoms with Crippen LogP contribution in [0.1, 0.15) is 0 Å². The number of nitrogens with zero attached hydrogens (tertiary/aromatic N) is 2. The first-order valence-corrected chi connectivity index (χ1v) is 4.38. The normalized spacial score (nSPS) is 10.5. The lowest BCUT2D eigenvalue weighted by Gasteiger charge is -1.97. The van der Waals surface area contributed by atoms with E-state index in [1.807, 2.05) is 0 Å². The van der Waals surface area contributed by atoms with Gasteiger partial charge in [-0.05, 0) is 12.1 Å². The van der Waals surface area contributed by atoms with E-state index in [0.29, 0.717) is 5.52 Å². The van der Waals surface area contributed by atoms with Gasteiger partial charge >= 0.3 is 5.97 Å². The monoisotopic (exact) mass is 208 g/mol. The molecule has 0 unspecified atom stereocenters. The maximum Gasteiger partial charge on any atom is 0.327 e. The third kappa shape index (κ3) is 1.96. The molecule has 0 aliphatic rings. The number of fused-ring (bicyclic) bond motifs is 1. The predicted molar refractivity (Wildman–Crippen MR) is 51.7 cm³/mol. The quantitative estimate of drug-likeness (QED) is 0.700. The van der Waals surface area contributed by atoms with Gasteiger partial charge in [-0.3, -0.25) is 9.48 Å². The smallest absolute Gasteiger partial charge is 0.327 e. The molecule has 0 aliphatic carbocycles. The van der Waals surface area contributed by atoms with Crippen LogP contribution < -0.4 is 0 Å². The predicted octanol–water partition coefficient (Wildman–Crippen LogP) is 1.35. The van der Waals surface area contributed by atoms with E-state index in [9.17, 15) is 9.18 Å². The molecule has 1 aromatic carbocycles. The first-order chi connectivity index (χ1) is 7.19. The number of hydrogen-bond acceptors (Lipinski definition) is 3. The molecule has 0 fully saturated rings. The minimum atomic E-state index is -0.386. The first kappa shape index (κ1) is 9.64. The number of carbonyl (C=O) groups is 1. The highest BCUT2D eigenvalue weighted by Gasteiger charge is 2.05. The summed E-state index contributed by atoms with van der Waals surface area (Å²) in [5.74, 6) is -0.728. The van der Waals surface area contributed by atoms with Gasteiger partial charge in [0.1, 0.15) is 12.4 Å². The average molecular weight is 208 g/mol. The number of aromatic nitrogens is 2. The van der Waals surface area contributed by atoms with E-state index in [-0.39, 0.29) is 18.3 Å².